The highest BCUT2D eigenvalue weighted by Gasteiger charge is 2.50. The quantitative estimate of drug-likeness (QED) is 0.695. The average molecular weight is 302 g/mol. The third kappa shape index (κ3) is 2.06. The molecule has 1 saturated carbocycles. The normalized spacial score (nSPS) is 30.0. The van der Waals surface area contributed by atoms with Crippen molar-refractivity contribution in [3.8, 4) is 11.5 Å². The zero-order valence-electron chi connectivity index (χ0n) is 14.7. The van der Waals surface area contributed by atoms with Crippen molar-refractivity contribution in [2.45, 2.75) is 78.1 Å². The third-order valence-corrected chi connectivity index (χ3v) is 6.53. The molecule has 0 heterocycles. The fourth-order valence-corrected chi connectivity index (χ4v) is 5.56. The Kier molecular flexibility index (Phi) is 3.50. The second kappa shape index (κ2) is 4.91. The third-order valence-electron chi connectivity index (χ3n) is 6.53. The molecule has 1 aromatic carbocycles. The lowest BCUT2D eigenvalue weighted by atomic mass is 9.50. The minimum absolute atomic E-state index is 0.0627. The van der Waals surface area contributed by atoms with E-state index in [-0.39, 0.29) is 22.8 Å². The second-order valence-corrected chi connectivity index (χ2v) is 8.69. The van der Waals surface area contributed by atoms with Crippen molar-refractivity contribution in [2.24, 2.45) is 11.3 Å². The lowest BCUT2D eigenvalue weighted by Gasteiger charge is -2.54. The number of fused-ring (bicyclic) bond motifs is 3. The molecule has 2 aliphatic rings. The van der Waals surface area contributed by atoms with Crippen LogP contribution in [0.1, 0.15) is 82.9 Å². The zero-order chi connectivity index (χ0) is 16.3. The molecular formula is C20H30O2. The minimum Gasteiger partial charge on any atom is -0.504 e. The Hall–Kier alpha value is -1.18. The van der Waals surface area contributed by atoms with E-state index in [1.165, 1.54) is 36.8 Å². The lowest BCUT2D eigenvalue weighted by Crippen LogP contribution is -2.48. The monoisotopic (exact) mass is 302 g/mol. The van der Waals surface area contributed by atoms with E-state index in [1.54, 1.807) is 0 Å². The lowest BCUT2D eigenvalue weighted by molar-refractivity contribution is 0.0403. The van der Waals surface area contributed by atoms with Gasteiger partial charge in [-0.15, -0.1) is 0 Å². The van der Waals surface area contributed by atoms with Gasteiger partial charge in [0.25, 0.3) is 0 Å². The molecular weight excluding hydrogens is 272 g/mol. The van der Waals surface area contributed by atoms with Crippen LogP contribution in [-0.4, -0.2) is 10.2 Å². The van der Waals surface area contributed by atoms with Gasteiger partial charge < -0.3 is 10.2 Å². The number of phenolic OH excluding ortho intramolecular Hbond substituents is 2. The molecule has 2 heteroatoms. The first kappa shape index (κ1) is 15.7. The van der Waals surface area contributed by atoms with Crippen LogP contribution in [0.4, 0.5) is 0 Å². The van der Waals surface area contributed by atoms with Crippen molar-refractivity contribution in [1.82, 2.24) is 0 Å². The summed E-state index contributed by atoms with van der Waals surface area (Å²) in [7, 11) is 0. The summed E-state index contributed by atoms with van der Waals surface area (Å²) in [5.41, 5.74) is 4.07. The van der Waals surface area contributed by atoms with Gasteiger partial charge in [0.1, 0.15) is 0 Å². The standard InChI is InChI=1S/C20H30O2/c1-12(2)17-13-7-8-16-19(3,4)9-6-10-20(16,5)14(13)11-15(21)18(17)22/h11-12,16,21-22H,6-10H2,1-5H3/t16-,20+/m0/s1. The molecule has 0 amide bonds. The second-order valence-electron chi connectivity index (χ2n) is 8.69. The molecule has 1 aromatic rings. The van der Waals surface area contributed by atoms with Crippen LogP contribution in [0.5, 0.6) is 11.5 Å². The summed E-state index contributed by atoms with van der Waals surface area (Å²) < 4.78 is 0. The Balaban J connectivity index is 2.23. The molecule has 122 valence electrons. The Bertz CT molecular complexity index is 600. The summed E-state index contributed by atoms with van der Waals surface area (Å²) in [5, 5.41) is 20.6. The molecule has 2 nitrogen and oxygen atoms in total. The predicted octanol–water partition coefficient (Wildman–Crippen LogP) is 5.25. The van der Waals surface area contributed by atoms with Crippen LogP contribution in [0.3, 0.4) is 0 Å². The van der Waals surface area contributed by atoms with E-state index in [0.29, 0.717) is 11.3 Å². The van der Waals surface area contributed by atoms with E-state index in [2.05, 4.69) is 34.6 Å². The van der Waals surface area contributed by atoms with Crippen LogP contribution in [0, 0.1) is 11.3 Å². The average Bonchev–Trinajstić information content (AvgIpc) is 2.39. The number of hydrogen-bond acceptors (Lipinski definition) is 2. The van der Waals surface area contributed by atoms with E-state index in [1.807, 2.05) is 6.07 Å². The molecule has 1 fully saturated rings. The van der Waals surface area contributed by atoms with Crippen LogP contribution in [0.25, 0.3) is 0 Å². The first-order valence-electron chi connectivity index (χ1n) is 8.76. The maximum absolute atomic E-state index is 10.4. The minimum atomic E-state index is 0.0627. The van der Waals surface area contributed by atoms with Gasteiger partial charge in [-0.3, -0.25) is 0 Å². The Morgan fingerprint density at radius 2 is 1.82 bits per heavy atom. The topological polar surface area (TPSA) is 40.5 Å². The number of phenols is 2. The fraction of sp³-hybridized carbons (Fsp3) is 0.700. The SMILES string of the molecule is CC(C)c1c(O)c(O)cc2c1CC[C@H]1C(C)(C)CCC[C@]21C. The summed E-state index contributed by atoms with van der Waals surface area (Å²) in [6.07, 6.45) is 5.96. The van der Waals surface area contributed by atoms with E-state index < -0.39 is 0 Å². The van der Waals surface area contributed by atoms with Crippen molar-refractivity contribution in [3.05, 3.63) is 22.8 Å². The summed E-state index contributed by atoms with van der Waals surface area (Å²) in [6.45, 7) is 11.4. The summed E-state index contributed by atoms with van der Waals surface area (Å²) in [4.78, 5) is 0. The molecule has 2 aliphatic carbocycles. The van der Waals surface area contributed by atoms with Gasteiger partial charge >= 0.3 is 0 Å². The molecule has 0 radical (unpaired) electrons. The Labute approximate surface area is 134 Å². The maximum Gasteiger partial charge on any atom is 0.161 e. The highest BCUT2D eigenvalue weighted by Crippen LogP contribution is 2.59. The van der Waals surface area contributed by atoms with Crippen molar-refractivity contribution in [2.75, 3.05) is 0 Å². The van der Waals surface area contributed by atoms with Gasteiger partial charge in [-0.2, -0.15) is 0 Å². The van der Waals surface area contributed by atoms with Gasteiger partial charge in [0, 0.05) is 5.56 Å². The molecule has 0 aromatic heterocycles. The molecule has 2 N–H and O–H groups in total. The maximum atomic E-state index is 10.4. The number of rotatable bonds is 1. The predicted molar refractivity (Wildman–Crippen MR) is 90.7 cm³/mol. The highest BCUT2D eigenvalue weighted by molar-refractivity contribution is 5.57. The first-order chi connectivity index (χ1) is 10.2. The van der Waals surface area contributed by atoms with Crippen molar-refractivity contribution >= 4 is 0 Å². The Morgan fingerprint density at radius 1 is 1.14 bits per heavy atom. The van der Waals surface area contributed by atoms with Crippen LogP contribution in [-0.2, 0) is 11.8 Å². The Morgan fingerprint density at radius 3 is 2.45 bits per heavy atom. The number of aromatic hydroxyl groups is 2. The van der Waals surface area contributed by atoms with Crippen molar-refractivity contribution in [1.29, 1.82) is 0 Å². The number of hydrogen-bond donors (Lipinski definition) is 2. The van der Waals surface area contributed by atoms with Gasteiger partial charge in [-0.1, -0.05) is 41.0 Å². The molecule has 2 atom stereocenters. The summed E-state index contributed by atoms with van der Waals surface area (Å²) in [6, 6.07) is 1.87. The zero-order valence-corrected chi connectivity index (χ0v) is 14.7. The van der Waals surface area contributed by atoms with Crippen LogP contribution < -0.4 is 0 Å². The molecule has 22 heavy (non-hydrogen) atoms. The van der Waals surface area contributed by atoms with Crippen molar-refractivity contribution < 1.29 is 10.2 Å². The summed E-state index contributed by atoms with van der Waals surface area (Å²) >= 11 is 0. The van der Waals surface area contributed by atoms with E-state index in [0.717, 1.165) is 12.0 Å². The van der Waals surface area contributed by atoms with Crippen molar-refractivity contribution in [3.63, 3.8) is 0 Å². The van der Waals surface area contributed by atoms with E-state index >= 15 is 0 Å². The molecule has 0 saturated heterocycles. The molecule has 0 bridgehead atoms. The summed E-state index contributed by atoms with van der Waals surface area (Å²) in [5.74, 6) is 1.06. The number of benzene rings is 1. The smallest absolute Gasteiger partial charge is 0.161 e. The fourth-order valence-electron chi connectivity index (χ4n) is 5.56. The van der Waals surface area contributed by atoms with Gasteiger partial charge in [-0.25, -0.2) is 0 Å². The van der Waals surface area contributed by atoms with E-state index in [9.17, 15) is 10.2 Å². The highest BCUT2D eigenvalue weighted by atomic mass is 16.3. The van der Waals surface area contributed by atoms with Crippen LogP contribution >= 0.6 is 0 Å². The van der Waals surface area contributed by atoms with Gasteiger partial charge in [0.15, 0.2) is 11.5 Å². The van der Waals surface area contributed by atoms with Gasteiger partial charge in [-0.05, 0) is 65.5 Å². The molecule has 0 aliphatic heterocycles. The van der Waals surface area contributed by atoms with Gasteiger partial charge in [0.05, 0.1) is 0 Å². The molecule has 0 spiro atoms. The first-order valence-corrected chi connectivity index (χ1v) is 8.76. The van der Waals surface area contributed by atoms with E-state index in [4.69, 9.17) is 0 Å². The molecule has 0 unspecified atom stereocenters. The van der Waals surface area contributed by atoms with Crippen LogP contribution in [0.15, 0.2) is 6.07 Å². The largest absolute Gasteiger partial charge is 0.504 e. The van der Waals surface area contributed by atoms with Gasteiger partial charge in [0.2, 0.25) is 0 Å². The van der Waals surface area contributed by atoms with Crippen LogP contribution in [0.2, 0.25) is 0 Å². The molecule has 3 rings (SSSR count).